The topological polar surface area (TPSA) is 124 Å². The van der Waals surface area contributed by atoms with Crippen molar-refractivity contribution in [2.45, 2.75) is 24.7 Å². The van der Waals surface area contributed by atoms with Gasteiger partial charge in [-0.25, -0.2) is 4.98 Å². The molecule has 0 aliphatic carbocycles. The lowest BCUT2D eigenvalue weighted by molar-refractivity contribution is -0.198. The molecule has 4 rings (SSSR count). The molecule has 5 N–H and O–H groups in total. The number of nitrogens with zero attached hydrogens (tertiary/aromatic N) is 2. The third kappa shape index (κ3) is 5.99. The molecule has 0 radical (unpaired) electrons. The van der Waals surface area contributed by atoms with Gasteiger partial charge in [0.15, 0.2) is 0 Å². The molecule has 0 aliphatic rings. The third-order valence-corrected chi connectivity index (χ3v) is 6.22. The average Bonchev–Trinajstić information content (AvgIpc) is 3.37. The predicted molar refractivity (Wildman–Crippen MR) is 130 cm³/mol. The van der Waals surface area contributed by atoms with E-state index >= 15 is 0 Å². The van der Waals surface area contributed by atoms with Crippen LogP contribution < -0.4 is 16.2 Å². The quantitative estimate of drug-likeness (QED) is 0.299. The first kappa shape index (κ1) is 25.1. The van der Waals surface area contributed by atoms with E-state index in [9.17, 15) is 18.0 Å². The Balaban J connectivity index is 1.58. The maximum absolute atomic E-state index is 13.9. The number of aromatic nitrogens is 2. The van der Waals surface area contributed by atoms with Gasteiger partial charge in [-0.05, 0) is 29.0 Å². The van der Waals surface area contributed by atoms with Crippen molar-refractivity contribution in [3.05, 3.63) is 83.2 Å². The second-order valence-electron chi connectivity index (χ2n) is 7.93. The van der Waals surface area contributed by atoms with Crippen LogP contribution in [0.15, 0.2) is 72.1 Å². The van der Waals surface area contributed by atoms with E-state index in [4.69, 9.17) is 21.3 Å². The van der Waals surface area contributed by atoms with Crippen molar-refractivity contribution in [2.75, 3.05) is 5.73 Å². The average molecular weight is 515 g/mol. The smallest absolute Gasteiger partial charge is 0.429 e. The van der Waals surface area contributed by atoms with Gasteiger partial charge >= 0.3 is 12.1 Å². The van der Waals surface area contributed by atoms with Crippen molar-refractivity contribution in [1.82, 2.24) is 9.97 Å². The van der Waals surface area contributed by atoms with Crippen molar-refractivity contribution in [3.8, 4) is 27.6 Å². The van der Waals surface area contributed by atoms with Gasteiger partial charge in [0.2, 0.25) is 17.9 Å². The Morgan fingerprint density at radius 3 is 2.28 bits per heavy atom. The Labute approximate surface area is 208 Å². The summed E-state index contributed by atoms with van der Waals surface area (Å²) < 4.78 is 47.1. The fraction of sp³-hybridized carbons (Fsp3) is 0.160. The number of carbonyl (C=O) groups is 1. The van der Waals surface area contributed by atoms with Gasteiger partial charge in [-0.2, -0.15) is 18.2 Å². The Kier molecular flexibility index (Phi) is 7.22. The molecule has 2 aromatic carbocycles. The molecule has 186 valence electrons. The molecule has 0 spiro atoms. The normalized spacial score (nSPS) is 13.2. The number of carboxylic acid groups (broad SMARTS) is 1. The van der Waals surface area contributed by atoms with Crippen LogP contribution in [0.1, 0.15) is 17.2 Å². The fourth-order valence-electron chi connectivity index (χ4n) is 3.51. The molecule has 11 heteroatoms. The van der Waals surface area contributed by atoms with E-state index in [1.165, 1.54) is 29.5 Å². The van der Waals surface area contributed by atoms with Gasteiger partial charge in [-0.1, -0.05) is 54.6 Å². The summed E-state index contributed by atoms with van der Waals surface area (Å²) >= 11 is 1.49. The molecule has 0 fully saturated rings. The van der Waals surface area contributed by atoms with Crippen LogP contribution in [-0.4, -0.2) is 33.3 Å². The molecule has 2 heterocycles. The summed E-state index contributed by atoms with van der Waals surface area (Å²) in [6.45, 7) is 0. The molecule has 7 nitrogen and oxygen atoms in total. The van der Waals surface area contributed by atoms with Gasteiger partial charge in [0.05, 0.1) is 5.69 Å². The molecule has 0 saturated carbocycles. The van der Waals surface area contributed by atoms with Gasteiger partial charge in [0, 0.05) is 22.1 Å². The molecule has 0 saturated heterocycles. The number of alkyl halides is 3. The minimum Gasteiger partial charge on any atom is -0.480 e. The van der Waals surface area contributed by atoms with E-state index in [0.29, 0.717) is 11.1 Å². The first-order valence-electron chi connectivity index (χ1n) is 10.7. The minimum absolute atomic E-state index is 0.0827. The van der Waals surface area contributed by atoms with Crippen molar-refractivity contribution in [1.29, 1.82) is 0 Å². The lowest BCUT2D eigenvalue weighted by atomic mass is 10.0. The van der Waals surface area contributed by atoms with Crippen LogP contribution in [-0.2, 0) is 11.2 Å². The molecule has 0 aliphatic heterocycles. The Morgan fingerprint density at radius 1 is 1.03 bits per heavy atom. The molecule has 0 amide bonds. The van der Waals surface area contributed by atoms with E-state index in [-0.39, 0.29) is 29.5 Å². The number of rotatable bonds is 8. The van der Waals surface area contributed by atoms with Crippen LogP contribution in [0.4, 0.5) is 19.1 Å². The fourth-order valence-corrected chi connectivity index (χ4v) is 4.25. The number of carboxylic acids is 1. The van der Waals surface area contributed by atoms with Crippen molar-refractivity contribution < 1.29 is 27.8 Å². The monoisotopic (exact) mass is 514 g/mol. The second kappa shape index (κ2) is 10.3. The van der Waals surface area contributed by atoms with Crippen LogP contribution in [0, 0.1) is 0 Å². The first-order chi connectivity index (χ1) is 17.1. The summed E-state index contributed by atoms with van der Waals surface area (Å²) in [5.41, 5.74) is 13.5. The van der Waals surface area contributed by atoms with Crippen LogP contribution in [0.2, 0.25) is 0 Å². The number of hydrogen-bond donors (Lipinski definition) is 3. The summed E-state index contributed by atoms with van der Waals surface area (Å²) in [6, 6.07) is 16.5. The molecule has 36 heavy (non-hydrogen) atoms. The lowest BCUT2D eigenvalue weighted by Gasteiger charge is -2.22. The van der Waals surface area contributed by atoms with Gasteiger partial charge in [-0.15, -0.1) is 11.3 Å². The number of nitrogens with two attached hydrogens (primary N) is 2. The van der Waals surface area contributed by atoms with Gasteiger partial charge < -0.3 is 21.3 Å². The maximum Gasteiger partial charge on any atom is 0.429 e. The van der Waals surface area contributed by atoms with Crippen LogP contribution in [0.3, 0.4) is 0 Å². The van der Waals surface area contributed by atoms with E-state index in [2.05, 4.69) is 9.97 Å². The Hall–Kier alpha value is -3.96. The highest BCUT2D eigenvalue weighted by molar-refractivity contribution is 7.13. The lowest BCUT2D eigenvalue weighted by Crippen LogP contribution is -2.32. The first-order valence-corrected chi connectivity index (χ1v) is 11.6. The highest BCUT2D eigenvalue weighted by Gasteiger charge is 2.43. The summed E-state index contributed by atoms with van der Waals surface area (Å²) in [4.78, 5) is 19.8. The van der Waals surface area contributed by atoms with E-state index in [1.54, 1.807) is 36.4 Å². The van der Waals surface area contributed by atoms with Crippen LogP contribution in [0.25, 0.3) is 21.7 Å². The summed E-state index contributed by atoms with van der Waals surface area (Å²) in [5.74, 6) is -1.71. The van der Waals surface area contributed by atoms with E-state index in [1.807, 2.05) is 17.5 Å². The van der Waals surface area contributed by atoms with Crippen molar-refractivity contribution >= 4 is 23.3 Å². The zero-order chi connectivity index (χ0) is 25.9. The number of thiophene rings is 1. The van der Waals surface area contributed by atoms with E-state index in [0.717, 1.165) is 10.4 Å². The zero-order valence-corrected chi connectivity index (χ0v) is 19.5. The minimum atomic E-state index is -4.71. The number of halogens is 3. The summed E-state index contributed by atoms with van der Waals surface area (Å²) in [7, 11) is 0. The Bertz CT molecular complexity index is 1330. The number of ether oxygens (including phenoxy) is 1. The van der Waals surface area contributed by atoms with Crippen LogP contribution >= 0.6 is 11.3 Å². The number of nitrogen functional groups attached to an aromatic ring is 1. The zero-order valence-electron chi connectivity index (χ0n) is 18.6. The standard InChI is InChI=1S/C25H21F3N4O3S/c26-25(27,28)22(17-9-7-16(8-10-17)20-2-1-11-36-20)35-21-13-19(31-24(30)32-21)15-5-3-14(4-6-15)12-18(29)23(33)34/h1-11,13,18,22H,12,29H2,(H,33,34)(H2,30,31,32). The molecule has 0 bridgehead atoms. The van der Waals surface area contributed by atoms with Gasteiger partial charge in [0.25, 0.3) is 0 Å². The molecule has 2 unspecified atom stereocenters. The van der Waals surface area contributed by atoms with Crippen LogP contribution in [0.5, 0.6) is 5.88 Å². The highest BCUT2D eigenvalue weighted by Crippen LogP contribution is 2.38. The largest absolute Gasteiger partial charge is 0.480 e. The number of anilines is 1. The molecular weight excluding hydrogens is 493 g/mol. The Morgan fingerprint density at radius 2 is 1.69 bits per heavy atom. The number of benzene rings is 2. The third-order valence-electron chi connectivity index (χ3n) is 5.30. The van der Waals surface area contributed by atoms with Crippen molar-refractivity contribution in [2.24, 2.45) is 5.73 Å². The number of hydrogen-bond acceptors (Lipinski definition) is 7. The second-order valence-corrected chi connectivity index (χ2v) is 8.88. The summed E-state index contributed by atoms with van der Waals surface area (Å²) in [5, 5.41) is 10.8. The molecule has 4 aromatic rings. The van der Waals surface area contributed by atoms with E-state index < -0.39 is 24.3 Å². The molecular formula is C25H21F3N4O3S. The van der Waals surface area contributed by atoms with Crippen molar-refractivity contribution in [3.63, 3.8) is 0 Å². The summed E-state index contributed by atoms with van der Waals surface area (Å²) in [6.07, 6.45) is -6.86. The van der Waals surface area contributed by atoms with Gasteiger partial charge in [0.1, 0.15) is 6.04 Å². The predicted octanol–water partition coefficient (Wildman–Crippen LogP) is 5.09. The number of aliphatic carboxylic acids is 1. The molecule has 2 atom stereocenters. The maximum atomic E-state index is 13.9. The van der Waals surface area contributed by atoms with Gasteiger partial charge in [-0.3, -0.25) is 4.79 Å². The highest BCUT2D eigenvalue weighted by atomic mass is 32.1. The SMILES string of the molecule is Nc1nc(OC(c2ccc(-c3cccs3)cc2)C(F)(F)F)cc(-c2ccc(CC(N)C(=O)O)cc2)n1. The molecule has 2 aromatic heterocycles.